The summed E-state index contributed by atoms with van der Waals surface area (Å²) < 4.78 is 0. The first kappa shape index (κ1) is 19.0. The lowest BCUT2D eigenvalue weighted by Gasteiger charge is -2.25. The highest BCUT2D eigenvalue weighted by Gasteiger charge is 2.24. The molecule has 4 aromatic rings. The van der Waals surface area contributed by atoms with Crippen LogP contribution in [-0.4, -0.2) is 11.3 Å². The van der Waals surface area contributed by atoms with Gasteiger partial charge in [0.2, 0.25) is 0 Å². The van der Waals surface area contributed by atoms with Gasteiger partial charge in [-0.15, -0.1) is 0 Å². The van der Waals surface area contributed by atoms with Crippen molar-refractivity contribution in [3.8, 4) is 0 Å². The molecule has 0 saturated heterocycles. The summed E-state index contributed by atoms with van der Waals surface area (Å²) in [5.74, 6) is 3.18. The van der Waals surface area contributed by atoms with Crippen LogP contribution in [0.2, 0.25) is 0 Å². The van der Waals surface area contributed by atoms with Crippen LogP contribution in [0.4, 0.5) is 5.69 Å². The fraction of sp³-hybridized carbons (Fsp3) is 0.0370. The maximum atomic E-state index is 4.58. The van der Waals surface area contributed by atoms with Gasteiger partial charge in [-0.1, -0.05) is 109 Å². The zero-order chi connectivity index (χ0) is 19.9. The maximum Gasteiger partial charge on any atom is 0.0737 e. The molecular weight excluding hydrogens is 369 g/mol. The average Bonchev–Trinajstić information content (AvgIpc) is 2.80. The van der Waals surface area contributed by atoms with E-state index in [9.17, 15) is 0 Å². The van der Waals surface area contributed by atoms with E-state index in [0.717, 1.165) is 5.69 Å². The van der Waals surface area contributed by atoms with E-state index in [4.69, 9.17) is 0 Å². The van der Waals surface area contributed by atoms with Crippen LogP contribution in [0.1, 0.15) is 5.56 Å². The minimum absolute atomic E-state index is 0.885. The maximum absolute atomic E-state index is 4.58. The van der Waals surface area contributed by atoms with Gasteiger partial charge in [-0.3, -0.25) is 0 Å². The monoisotopic (exact) mass is 391 g/mol. The zero-order valence-corrected chi connectivity index (χ0v) is 17.3. The molecule has 4 aromatic carbocycles. The molecule has 0 aromatic heterocycles. The quantitative estimate of drug-likeness (QED) is 0.333. The van der Waals surface area contributed by atoms with E-state index in [1.165, 1.54) is 21.5 Å². The number of aliphatic imine (C=N–C) groups is 1. The Hall–Kier alpha value is -3.33. The number of benzene rings is 4. The molecule has 0 fully saturated rings. The molecule has 0 aliphatic rings. The fourth-order valence-electron chi connectivity index (χ4n) is 3.38. The van der Waals surface area contributed by atoms with E-state index in [1.54, 1.807) is 0 Å². The molecule has 0 atom stereocenters. The molecule has 2 heteroatoms. The second kappa shape index (κ2) is 8.78. The first-order valence-corrected chi connectivity index (χ1v) is 11.4. The van der Waals surface area contributed by atoms with Crippen molar-refractivity contribution in [2.75, 3.05) is 0 Å². The van der Waals surface area contributed by atoms with Gasteiger partial charge in [0.25, 0.3) is 0 Å². The Kier molecular flexibility index (Phi) is 5.76. The van der Waals surface area contributed by atoms with Crippen LogP contribution in [0.5, 0.6) is 0 Å². The summed E-state index contributed by atoms with van der Waals surface area (Å²) in [6, 6.07) is 40.0. The van der Waals surface area contributed by atoms with Crippen molar-refractivity contribution in [2.45, 2.75) is 6.92 Å². The summed E-state index contributed by atoms with van der Waals surface area (Å²) >= 11 is 0. The molecule has 0 N–H and O–H groups in total. The van der Waals surface area contributed by atoms with E-state index >= 15 is 0 Å². The van der Waals surface area contributed by atoms with Gasteiger partial charge >= 0.3 is 0 Å². The Balaban J connectivity index is 2.08. The molecule has 140 valence electrons. The zero-order valence-electron chi connectivity index (χ0n) is 16.4. The molecule has 0 aliphatic carbocycles. The van der Waals surface area contributed by atoms with Gasteiger partial charge in [-0.2, -0.15) is 4.99 Å². The highest BCUT2D eigenvalue weighted by molar-refractivity contribution is 7.94. The van der Waals surface area contributed by atoms with Crippen molar-refractivity contribution in [2.24, 2.45) is 4.99 Å². The lowest BCUT2D eigenvalue weighted by Crippen LogP contribution is -2.25. The van der Waals surface area contributed by atoms with Crippen LogP contribution in [0.3, 0.4) is 0 Å². The minimum atomic E-state index is -2.15. The summed E-state index contributed by atoms with van der Waals surface area (Å²) in [5.41, 5.74) is 5.74. The van der Waals surface area contributed by atoms with Gasteiger partial charge in [0.1, 0.15) is 0 Å². The Morgan fingerprint density at radius 1 is 0.552 bits per heavy atom. The van der Waals surface area contributed by atoms with Gasteiger partial charge in [0.15, 0.2) is 0 Å². The third-order valence-corrected chi connectivity index (χ3v) is 8.52. The van der Waals surface area contributed by atoms with Gasteiger partial charge in [0.05, 0.1) is 5.69 Å². The Labute approximate surface area is 172 Å². The predicted octanol–water partition coefficient (Wildman–Crippen LogP) is 5.25. The smallest absolute Gasteiger partial charge is 0.0737 e. The van der Waals surface area contributed by atoms with Crippen LogP contribution >= 0.6 is 6.89 Å². The number of hydrogen-bond acceptors (Lipinski definition) is 1. The third-order valence-electron chi connectivity index (χ3n) is 4.87. The highest BCUT2D eigenvalue weighted by atomic mass is 31.2. The summed E-state index contributed by atoms with van der Waals surface area (Å²) in [6.07, 6.45) is 0. The van der Waals surface area contributed by atoms with Crippen LogP contribution in [0.15, 0.2) is 120 Å². The first-order chi connectivity index (χ1) is 14.3. The lowest BCUT2D eigenvalue weighted by molar-refractivity contribution is 1.44. The molecule has 4 rings (SSSR count). The summed E-state index contributed by atoms with van der Waals surface area (Å²) in [4.78, 5) is 4.58. The van der Waals surface area contributed by atoms with Crippen molar-refractivity contribution in [1.82, 2.24) is 0 Å². The molecule has 0 heterocycles. The van der Waals surface area contributed by atoms with Crippen molar-refractivity contribution in [3.63, 3.8) is 0 Å². The van der Waals surface area contributed by atoms with Crippen LogP contribution in [-0.2, 0) is 0 Å². The molecule has 0 bridgehead atoms. The van der Waals surface area contributed by atoms with Crippen molar-refractivity contribution >= 4 is 39.8 Å². The first-order valence-electron chi connectivity index (χ1n) is 9.65. The Morgan fingerprint density at radius 3 is 1.38 bits per heavy atom. The summed E-state index contributed by atoms with van der Waals surface area (Å²) in [7, 11) is 0. The van der Waals surface area contributed by atoms with Crippen molar-refractivity contribution in [3.05, 3.63) is 121 Å². The molecule has 0 unspecified atom stereocenters. The Morgan fingerprint density at radius 2 is 0.966 bits per heavy atom. The molecule has 1 nitrogen and oxygen atoms in total. The molecular formula is C27H22NP. The molecule has 0 radical (unpaired) electrons. The van der Waals surface area contributed by atoms with Gasteiger partial charge in [-0.25, -0.2) is 0 Å². The van der Waals surface area contributed by atoms with E-state index in [-0.39, 0.29) is 0 Å². The summed E-state index contributed by atoms with van der Waals surface area (Å²) in [6.45, 7) is -0.0790. The van der Waals surface area contributed by atoms with E-state index in [1.807, 2.05) is 12.1 Å². The molecule has 0 amide bonds. The average molecular weight is 391 g/mol. The molecule has 0 aliphatic heterocycles. The molecule has 0 saturated carbocycles. The van der Waals surface area contributed by atoms with Crippen molar-refractivity contribution in [1.29, 1.82) is 0 Å². The third kappa shape index (κ3) is 4.09. The number of hydrogen-bond donors (Lipinski definition) is 0. The van der Waals surface area contributed by atoms with Crippen LogP contribution in [0.25, 0.3) is 0 Å². The number of rotatable bonds is 4. The van der Waals surface area contributed by atoms with Gasteiger partial charge < -0.3 is 0 Å². The summed E-state index contributed by atoms with van der Waals surface area (Å²) in [5, 5.41) is 3.72. The van der Waals surface area contributed by atoms with Crippen molar-refractivity contribution < 1.29 is 0 Å². The topological polar surface area (TPSA) is 12.4 Å². The van der Waals surface area contributed by atoms with Crippen LogP contribution in [0, 0.1) is 6.92 Å². The second-order valence-electron chi connectivity index (χ2n) is 6.85. The minimum Gasteiger partial charge on any atom is -0.198 e. The predicted molar refractivity (Wildman–Crippen MR) is 128 cm³/mol. The highest BCUT2D eigenvalue weighted by Crippen LogP contribution is 2.42. The second-order valence-corrected chi connectivity index (χ2v) is 9.96. The lowest BCUT2D eigenvalue weighted by atomic mass is 10.2. The van der Waals surface area contributed by atoms with E-state index < -0.39 is 6.89 Å². The molecule has 29 heavy (non-hydrogen) atoms. The van der Waals surface area contributed by atoms with E-state index in [2.05, 4.69) is 126 Å². The van der Waals surface area contributed by atoms with Gasteiger partial charge in [-0.05, 0) is 40.4 Å². The van der Waals surface area contributed by atoms with Gasteiger partial charge in [0, 0.05) is 12.8 Å². The Bertz CT molecular complexity index is 1090. The fourth-order valence-corrected chi connectivity index (χ4v) is 6.72. The number of aryl methyl sites for hydroxylation is 1. The largest absolute Gasteiger partial charge is 0.198 e. The van der Waals surface area contributed by atoms with Crippen LogP contribution < -0.4 is 15.9 Å². The van der Waals surface area contributed by atoms with E-state index in [0.29, 0.717) is 0 Å². The standard InChI is InChI=1S/C27H22NP/c1-23-17-19-24(20-18-23)28-21-22-29(25-11-5-2-6-12-25,26-13-7-3-8-14-26)27-15-9-4-10-16-27/h2-20H,1H3. The number of nitrogens with zero attached hydrogens (tertiary/aromatic N) is 1. The SMILES string of the molecule is Cc1ccc(N=C=C=P(c2ccccc2)(c2ccccc2)c2ccccc2)cc1. The normalized spacial score (nSPS) is 10.7. The molecule has 0 spiro atoms.